The van der Waals surface area contributed by atoms with Crippen molar-refractivity contribution in [2.24, 2.45) is 0 Å². The Morgan fingerprint density at radius 2 is 2.36 bits per heavy atom. The second-order valence-corrected chi connectivity index (χ2v) is 2.89. The first-order valence-electron chi connectivity index (χ1n) is 4.37. The van der Waals surface area contributed by atoms with Crippen LogP contribution in [0.1, 0.15) is 10.5 Å². The summed E-state index contributed by atoms with van der Waals surface area (Å²) in [4.78, 5) is 19.4. The maximum absolute atomic E-state index is 11.7. The van der Waals surface area contributed by atoms with Gasteiger partial charge in [0.15, 0.2) is 0 Å². The van der Waals surface area contributed by atoms with E-state index >= 15 is 0 Å². The van der Waals surface area contributed by atoms with E-state index in [1.807, 2.05) is 0 Å². The number of ketones is 1. The highest BCUT2D eigenvalue weighted by Gasteiger charge is 2.24. The summed E-state index contributed by atoms with van der Waals surface area (Å²) in [6.45, 7) is 1.30. The zero-order valence-corrected chi connectivity index (χ0v) is 7.55. The molecule has 0 radical (unpaired) electrons. The van der Waals surface area contributed by atoms with Crippen LogP contribution in [0.25, 0.3) is 0 Å². The minimum Gasteiger partial charge on any atom is -0.376 e. The molecule has 0 aliphatic carbocycles. The summed E-state index contributed by atoms with van der Waals surface area (Å²) in [6, 6.07) is 0. The zero-order chi connectivity index (χ0) is 9.80. The van der Waals surface area contributed by atoms with Gasteiger partial charge in [0, 0.05) is 12.4 Å². The Labute approximate surface area is 81.1 Å². The molecule has 0 aromatic carbocycles. The van der Waals surface area contributed by atoms with Crippen LogP contribution in [0.3, 0.4) is 0 Å². The van der Waals surface area contributed by atoms with Crippen LogP contribution in [0.5, 0.6) is 0 Å². The van der Waals surface area contributed by atoms with Crippen LogP contribution >= 0.6 is 0 Å². The van der Waals surface area contributed by atoms with E-state index in [0.717, 1.165) is 0 Å². The van der Waals surface area contributed by atoms with E-state index in [1.165, 1.54) is 18.6 Å². The van der Waals surface area contributed by atoms with Gasteiger partial charge in [-0.2, -0.15) is 0 Å². The van der Waals surface area contributed by atoms with Gasteiger partial charge >= 0.3 is 0 Å². The molecule has 0 amide bonds. The average molecular weight is 194 g/mol. The Morgan fingerprint density at radius 3 is 3.00 bits per heavy atom. The van der Waals surface area contributed by atoms with Crippen molar-refractivity contribution in [1.82, 2.24) is 9.97 Å². The summed E-state index contributed by atoms with van der Waals surface area (Å²) in [5.74, 6) is -0.169. The lowest BCUT2D eigenvalue weighted by molar-refractivity contribution is -0.0720. The monoisotopic (exact) mass is 194 g/mol. The van der Waals surface area contributed by atoms with Crippen molar-refractivity contribution in [2.45, 2.75) is 6.10 Å². The minimum absolute atomic E-state index is 0.169. The number of aromatic nitrogens is 2. The highest BCUT2D eigenvalue weighted by Crippen LogP contribution is 2.06. The van der Waals surface area contributed by atoms with E-state index in [4.69, 9.17) is 9.47 Å². The quantitative estimate of drug-likeness (QED) is 0.624. The number of hydrogen-bond acceptors (Lipinski definition) is 5. The SMILES string of the molecule is O=C(c1cnccn1)C1COCCO1. The molecular formula is C9H10N2O3. The number of carbonyl (C=O) groups is 1. The molecule has 14 heavy (non-hydrogen) atoms. The van der Waals surface area contributed by atoms with E-state index in [2.05, 4.69) is 9.97 Å². The minimum atomic E-state index is -0.527. The first-order valence-corrected chi connectivity index (χ1v) is 4.37. The smallest absolute Gasteiger partial charge is 0.213 e. The van der Waals surface area contributed by atoms with Gasteiger partial charge < -0.3 is 9.47 Å². The molecule has 1 aromatic rings. The van der Waals surface area contributed by atoms with Crippen molar-refractivity contribution in [3.05, 3.63) is 24.3 Å². The van der Waals surface area contributed by atoms with Gasteiger partial charge in [0.1, 0.15) is 11.8 Å². The summed E-state index contributed by atoms with van der Waals surface area (Å²) in [5.41, 5.74) is 0.322. The van der Waals surface area contributed by atoms with Crippen LogP contribution in [0, 0.1) is 0 Å². The fourth-order valence-electron chi connectivity index (χ4n) is 1.23. The average Bonchev–Trinajstić information content (AvgIpc) is 2.30. The van der Waals surface area contributed by atoms with Gasteiger partial charge in [0.2, 0.25) is 5.78 Å². The molecule has 1 aliphatic rings. The van der Waals surface area contributed by atoms with E-state index in [0.29, 0.717) is 25.5 Å². The van der Waals surface area contributed by atoms with Crippen molar-refractivity contribution in [2.75, 3.05) is 19.8 Å². The molecule has 0 saturated carbocycles. The third-order valence-corrected chi connectivity index (χ3v) is 1.92. The standard InChI is InChI=1S/C9H10N2O3/c12-9(7-5-10-1-2-11-7)8-6-13-3-4-14-8/h1-2,5,8H,3-4,6H2. The van der Waals surface area contributed by atoms with E-state index in [1.54, 1.807) is 0 Å². The van der Waals surface area contributed by atoms with Crippen LogP contribution in [0.15, 0.2) is 18.6 Å². The van der Waals surface area contributed by atoms with E-state index < -0.39 is 6.10 Å². The molecule has 1 aliphatic heterocycles. The maximum Gasteiger partial charge on any atom is 0.213 e. The molecule has 1 fully saturated rings. The largest absolute Gasteiger partial charge is 0.376 e. The fraction of sp³-hybridized carbons (Fsp3) is 0.444. The van der Waals surface area contributed by atoms with E-state index in [-0.39, 0.29) is 5.78 Å². The normalized spacial score (nSPS) is 21.9. The van der Waals surface area contributed by atoms with Crippen LogP contribution in [-0.2, 0) is 9.47 Å². The van der Waals surface area contributed by atoms with Gasteiger partial charge in [-0.1, -0.05) is 0 Å². The van der Waals surface area contributed by atoms with Gasteiger partial charge in [-0.15, -0.1) is 0 Å². The molecule has 5 heteroatoms. The third-order valence-electron chi connectivity index (χ3n) is 1.92. The summed E-state index contributed by atoms with van der Waals surface area (Å²) < 4.78 is 10.4. The van der Waals surface area contributed by atoms with Crippen molar-refractivity contribution in [3.8, 4) is 0 Å². The highest BCUT2D eigenvalue weighted by molar-refractivity contribution is 5.97. The fourth-order valence-corrected chi connectivity index (χ4v) is 1.23. The summed E-state index contributed by atoms with van der Waals surface area (Å²) in [6.07, 6.45) is 3.91. The van der Waals surface area contributed by atoms with Crippen LogP contribution in [-0.4, -0.2) is 41.7 Å². The predicted molar refractivity (Wildman–Crippen MR) is 46.9 cm³/mol. The summed E-state index contributed by atoms with van der Waals surface area (Å²) in [7, 11) is 0. The van der Waals surface area contributed by atoms with Gasteiger partial charge in [-0.25, -0.2) is 4.98 Å². The van der Waals surface area contributed by atoms with Crippen molar-refractivity contribution in [1.29, 1.82) is 0 Å². The van der Waals surface area contributed by atoms with Crippen LogP contribution in [0.2, 0.25) is 0 Å². The molecule has 1 aromatic heterocycles. The second kappa shape index (κ2) is 4.26. The number of Topliss-reactive ketones (excluding diaryl/α,β-unsaturated/α-hetero) is 1. The molecule has 0 spiro atoms. The Kier molecular flexibility index (Phi) is 2.81. The Balaban J connectivity index is 2.07. The molecule has 74 valence electrons. The van der Waals surface area contributed by atoms with Crippen LogP contribution in [0.4, 0.5) is 0 Å². The topological polar surface area (TPSA) is 61.3 Å². The van der Waals surface area contributed by atoms with Gasteiger partial charge in [-0.05, 0) is 0 Å². The molecule has 0 bridgehead atoms. The maximum atomic E-state index is 11.7. The lowest BCUT2D eigenvalue weighted by Crippen LogP contribution is -2.35. The summed E-state index contributed by atoms with van der Waals surface area (Å²) in [5, 5.41) is 0. The Morgan fingerprint density at radius 1 is 1.43 bits per heavy atom. The predicted octanol–water partition coefficient (Wildman–Crippen LogP) is 0.0747. The first kappa shape index (κ1) is 9.23. The highest BCUT2D eigenvalue weighted by atomic mass is 16.6. The Bertz CT molecular complexity index is 309. The first-order chi connectivity index (χ1) is 6.88. The molecule has 1 saturated heterocycles. The number of hydrogen-bond donors (Lipinski definition) is 0. The number of ether oxygens (including phenoxy) is 2. The van der Waals surface area contributed by atoms with E-state index in [9.17, 15) is 4.79 Å². The number of carbonyl (C=O) groups excluding carboxylic acids is 1. The summed E-state index contributed by atoms with van der Waals surface area (Å²) >= 11 is 0. The molecule has 2 heterocycles. The molecule has 1 unspecified atom stereocenters. The van der Waals surface area contributed by atoms with Crippen molar-refractivity contribution >= 4 is 5.78 Å². The van der Waals surface area contributed by atoms with Crippen LogP contribution < -0.4 is 0 Å². The van der Waals surface area contributed by atoms with Gasteiger partial charge in [-0.3, -0.25) is 9.78 Å². The van der Waals surface area contributed by atoms with Gasteiger partial charge in [0.05, 0.1) is 26.0 Å². The van der Waals surface area contributed by atoms with Gasteiger partial charge in [0.25, 0.3) is 0 Å². The number of nitrogens with zero attached hydrogens (tertiary/aromatic N) is 2. The number of rotatable bonds is 2. The lowest BCUT2D eigenvalue weighted by atomic mass is 10.2. The molecule has 5 nitrogen and oxygen atoms in total. The van der Waals surface area contributed by atoms with Crippen molar-refractivity contribution in [3.63, 3.8) is 0 Å². The molecule has 2 rings (SSSR count). The third kappa shape index (κ3) is 1.94. The lowest BCUT2D eigenvalue weighted by Gasteiger charge is -2.21. The second-order valence-electron chi connectivity index (χ2n) is 2.89. The molecular weight excluding hydrogens is 184 g/mol. The Hall–Kier alpha value is -1.33. The molecule has 0 N–H and O–H groups in total. The van der Waals surface area contributed by atoms with Crippen molar-refractivity contribution < 1.29 is 14.3 Å². The molecule has 1 atom stereocenters. The zero-order valence-electron chi connectivity index (χ0n) is 7.55.